The van der Waals surface area contributed by atoms with Crippen molar-refractivity contribution in [3.8, 4) is 33.8 Å². The molecule has 0 aliphatic carbocycles. The molecule has 0 aliphatic heterocycles. The van der Waals surface area contributed by atoms with E-state index in [2.05, 4.69) is 103 Å². The summed E-state index contributed by atoms with van der Waals surface area (Å²) in [5.41, 5.74) is 5.36. The molecule has 168 valence electrons. The molecule has 36 heavy (non-hydrogen) atoms. The van der Waals surface area contributed by atoms with Crippen LogP contribution in [0.2, 0.25) is 0 Å². The zero-order valence-corrected chi connectivity index (χ0v) is 19.6. The molecular weight excluding hydrogens is 436 g/mol. The van der Waals surface area contributed by atoms with E-state index < -0.39 is 0 Å². The SMILES string of the molecule is c1ccc(-c2ccnc(-c3ccccc3-c3cccc4c5ccccc5c5ccccc5c34)n2)cc1. The van der Waals surface area contributed by atoms with Gasteiger partial charge in [0.05, 0.1) is 5.69 Å². The third-order valence-corrected chi connectivity index (χ3v) is 6.95. The summed E-state index contributed by atoms with van der Waals surface area (Å²) in [5, 5.41) is 7.61. The molecule has 0 unspecified atom stereocenters. The normalized spacial score (nSPS) is 11.3. The highest BCUT2D eigenvalue weighted by Gasteiger charge is 2.16. The molecule has 0 bridgehead atoms. The van der Waals surface area contributed by atoms with Crippen molar-refractivity contribution in [1.82, 2.24) is 9.97 Å². The molecule has 7 aromatic rings. The molecule has 1 heterocycles. The first-order valence-electron chi connectivity index (χ1n) is 12.2. The van der Waals surface area contributed by atoms with E-state index in [-0.39, 0.29) is 0 Å². The van der Waals surface area contributed by atoms with Gasteiger partial charge >= 0.3 is 0 Å². The molecule has 0 radical (unpaired) electrons. The van der Waals surface area contributed by atoms with Crippen LogP contribution in [-0.2, 0) is 0 Å². The lowest BCUT2D eigenvalue weighted by atomic mass is 9.88. The summed E-state index contributed by atoms with van der Waals surface area (Å²) >= 11 is 0. The minimum absolute atomic E-state index is 0.731. The topological polar surface area (TPSA) is 25.8 Å². The van der Waals surface area contributed by atoms with Crippen LogP contribution >= 0.6 is 0 Å². The van der Waals surface area contributed by atoms with Gasteiger partial charge in [-0.15, -0.1) is 0 Å². The second-order valence-corrected chi connectivity index (χ2v) is 9.00. The van der Waals surface area contributed by atoms with Gasteiger partial charge in [-0.05, 0) is 49.5 Å². The Bertz CT molecular complexity index is 1840. The van der Waals surface area contributed by atoms with Crippen LogP contribution in [0.5, 0.6) is 0 Å². The van der Waals surface area contributed by atoms with Crippen molar-refractivity contribution in [3.63, 3.8) is 0 Å². The van der Waals surface area contributed by atoms with Crippen LogP contribution < -0.4 is 0 Å². The van der Waals surface area contributed by atoms with Crippen LogP contribution in [0.4, 0.5) is 0 Å². The van der Waals surface area contributed by atoms with Gasteiger partial charge in [0.25, 0.3) is 0 Å². The molecule has 2 heteroatoms. The van der Waals surface area contributed by atoms with Gasteiger partial charge in [-0.1, -0.05) is 121 Å². The molecule has 1 aromatic heterocycles. The number of hydrogen-bond donors (Lipinski definition) is 0. The summed E-state index contributed by atoms with van der Waals surface area (Å²) in [6, 6.07) is 44.8. The number of aromatic nitrogens is 2. The predicted molar refractivity (Wildman–Crippen MR) is 151 cm³/mol. The summed E-state index contributed by atoms with van der Waals surface area (Å²) in [6.07, 6.45) is 1.85. The zero-order chi connectivity index (χ0) is 23.9. The average Bonchev–Trinajstić information content (AvgIpc) is 2.97. The van der Waals surface area contributed by atoms with E-state index in [0.717, 1.165) is 28.2 Å². The number of rotatable bonds is 3. The summed E-state index contributed by atoms with van der Waals surface area (Å²) in [7, 11) is 0. The van der Waals surface area contributed by atoms with Gasteiger partial charge in [0.15, 0.2) is 5.82 Å². The highest BCUT2D eigenvalue weighted by atomic mass is 14.9. The molecule has 0 saturated carbocycles. The van der Waals surface area contributed by atoms with E-state index in [9.17, 15) is 0 Å². The monoisotopic (exact) mass is 458 g/mol. The van der Waals surface area contributed by atoms with Gasteiger partial charge in [0, 0.05) is 17.3 Å². The molecular formula is C34H22N2. The van der Waals surface area contributed by atoms with Crippen molar-refractivity contribution in [2.75, 3.05) is 0 Å². The standard InChI is InChI=1S/C34H22N2/c1-2-11-23(12-3-1)32-21-22-35-34(36-32)31-18-9-7-16-27(31)30-20-10-19-29-26-14-5-4-13-24(26)25-15-6-8-17-28(25)33(29)30/h1-22H. The summed E-state index contributed by atoms with van der Waals surface area (Å²) in [4.78, 5) is 9.68. The van der Waals surface area contributed by atoms with E-state index in [0.29, 0.717) is 0 Å². The Morgan fingerprint density at radius 1 is 0.389 bits per heavy atom. The Hall–Kier alpha value is -4.82. The summed E-state index contributed by atoms with van der Waals surface area (Å²) < 4.78 is 0. The highest BCUT2D eigenvalue weighted by molar-refractivity contribution is 6.28. The van der Waals surface area contributed by atoms with Crippen LogP contribution in [-0.4, -0.2) is 9.97 Å². The van der Waals surface area contributed by atoms with Crippen LogP contribution in [0.25, 0.3) is 66.1 Å². The number of fused-ring (bicyclic) bond motifs is 6. The lowest BCUT2D eigenvalue weighted by Crippen LogP contribution is -1.94. The average molecular weight is 459 g/mol. The molecule has 6 aromatic carbocycles. The van der Waals surface area contributed by atoms with Crippen molar-refractivity contribution in [2.45, 2.75) is 0 Å². The molecule has 0 spiro atoms. The Morgan fingerprint density at radius 3 is 1.64 bits per heavy atom. The molecule has 0 N–H and O–H groups in total. The number of nitrogens with zero attached hydrogens (tertiary/aromatic N) is 2. The minimum Gasteiger partial charge on any atom is -0.237 e. The maximum absolute atomic E-state index is 4.98. The van der Waals surface area contributed by atoms with E-state index in [1.54, 1.807) is 0 Å². The first-order valence-corrected chi connectivity index (χ1v) is 12.2. The van der Waals surface area contributed by atoms with Gasteiger partial charge in [0.1, 0.15) is 0 Å². The Labute approximate surface area is 209 Å². The molecule has 0 aliphatic rings. The predicted octanol–water partition coefficient (Wildman–Crippen LogP) is 8.94. The van der Waals surface area contributed by atoms with Crippen molar-refractivity contribution in [2.24, 2.45) is 0 Å². The van der Waals surface area contributed by atoms with Gasteiger partial charge < -0.3 is 0 Å². The lowest BCUT2D eigenvalue weighted by Gasteiger charge is -2.16. The number of benzene rings is 6. The van der Waals surface area contributed by atoms with Gasteiger partial charge in [-0.3, -0.25) is 0 Å². The third-order valence-electron chi connectivity index (χ3n) is 6.95. The van der Waals surface area contributed by atoms with Crippen molar-refractivity contribution in [1.29, 1.82) is 0 Å². The molecule has 0 saturated heterocycles. The Kier molecular flexibility index (Phi) is 4.82. The second kappa shape index (κ2) is 8.44. The molecule has 7 rings (SSSR count). The zero-order valence-electron chi connectivity index (χ0n) is 19.6. The molecule has 0 fully saturated rings. The highest BCUT2D eigenvalue weighted by Crippen LogP contribution is 2.42. The first-order chi connectivity index (χ1) is 17.9. The molecule has 0 amide bonds. The Morgan fingerprint density at radius 2 is 0.917 bits per heavy atom. The van der Waals surface area contributed by atoms with Crippen LogP contribution in [0.15, 0.2) is 134 Å². The van der Waals surface area contributed by atoms with Crippen molar-refractivity contribution in [3.05, 3.63) is 134 Å². The quantitative estimate of drug-likeness (QED) is 0.247. The minimum atomic E-state index is 0.731. The maximum Gasteiger partial charge on any atom is 0.160 e. The van der Waals surface area contributed by atoms with Gasteiger partial charge in [0.2, 0.25) is 0 Å². The van der Waals surface area contributed by atoms with E-state index >= 15 is 0 Å². The van der Waals surface area contributed by atoms with Crippen molar-refractivity contribution < 1.29 is 0 Å². The largest absolute Gasteiger partial charge is 0.237 e. The Balaban J connectivity index is 1.53. The van der Waals surface area contributed by atoms with Crippen molar-refractivity contribution >= 4 is 32.3 Å². The number of hydrogen-bond acceptors (Lipinski definition) is 2. The molecule has 2 nitrogen and oxygen atoms in total. The second-order valence-electron chi connectivity index (χ2n) is 9.00. The lowest BCUT2D eigenvalue weighted by molar-refractivity contribution is 1.18. The smallest absolute Gasteiger partial charge is 0.160 e. The summed E-state index contributed by atoms with van der Waals surface area (Å²) in [6.45, 7) is 0. The van der Waals surface area contributed by atoms with E-state index in [1.807, 2.05) is 30.5 Å². The fourth-order valence-electron chi connectivity index (χ4n) is 5.35. The van der Waals surface area contributed by atoms with Crippen LogP contribution in [0, 0.1) is 0 Å². The van der Waals surface area contributed by atoms with Crippen LogP contribution in [0.3, 0.4) is 0 Å². The fourth-order valence-corrected chi connectivity index (χ4v) is 5.35. The summed E-state index contributed by atoms with van der Waals surface area (Å²) in [5.74, 6) is 0.731. The molecule has 0 atom stereocenters. The van der Waals surface area contributed by atoms with E-state index in [1.165, 1.54) is 37.9 Å². The van der Waals surface area contributed by atoms with Gasteiger partial charge in [-0.25, -0.2) is 9.97 Å². The van der Waals surface area contributed by atoms with Gasteiger partial charge in [-0.2, -0.15) is 0 Å². The van der Waals surface area contributed by atoms with Crippen LogP contribution in [0.1, 0.15) is 0 Å². The first kappa shape index (κ1) is 20.5. The maximum atomic E-state index is 4.98. The van der Waals surface area contributed by atoms with E-state index in [4.69, 9.17) is 9.97 Å². The fraction of sp³-hybridized carbons (Fsp3) is 0. The third kappa shape index (κ3) is 3.27.